The molecular formula is C15H18N4O2. The summed E-state index contributed by atoms with van der Waals surface area (Å²) in [5.74, 6) is 1.07. The van der Waals surface area contributed by atoms with Crippen LogP contribution in [0.25, 0.3) is 6.08 Å². The van der Waals surface area contributed by atoms with Crippen molar-refractivity contribution in [3.05, 3.63) is 35.9 Å². The van der Waals surface area contributed by atoms with Gasteiger partial charge in [-0.15, -0.1) is 4.98 Å². The SMILES string of the molecule is C/C=C/c1ccccc1Oc1nc(NC)nc(OCC)n1. The molecule has 0 amide bonds. The Morgan fingerprint density at radius 1 is 1.14 bits per heavy atom. The van der Waals surface area contributed by atoms with Crippen molar-refractivity contribution in [2.45, 2.75) is 13.8 Å². The van der Waals surface area contributed by atoms with Crippen LogP contribution in [0.2, 0.25) is 0 Å². The Morgan fingerprint density at radius 2 is 1.90 bits per heavy atom. The van der Waals surface area contributed by atoms with Crippen molar-refractivity contribution in [3.8, 4) is 17.8 Å². The van der Waals surface area contributed by atoms with E-state index in [0.29, 0.717) is 18.3 Å². The molecule has 1 N–H and O–H groups in total. The van der Waals surface area contributed by atoms with Crippen molar-refractivity contribution < 1.29 is 9.47 Å². The minimum atomic E-state index is 0.190. The fourth-order valence-corrected chi connectivity index (χ4v) is 1.68. The molecule has 0 saturated carbocycles. The smallest absolute Gasteiger partial charge is 0.330 e. The quantitative estimate of drug-likeness (QED) is 0.879. The highest BCUT2D eigenvalue weighted by atomic mass is 16.5. The molecule has 6 nitrogen and oxygen atoms in total. The van der Waals surface area contributed by atoms with Crippen LogP contribution < -0.4 is 14.8 Å². The molecule has 0 radical (unpaired) electrons. The van der Waals surface area contributed by atoms with Gasteiger partial charge in [0.15, 0.2) is 0 Å². The summed E-state index contributed by atoms with van der Waals surface area (Å²) < 4.78 is 11.1. The molecule has 0 fully saturated rings. The first-order valence-corrected chi connectivity index (χ1v) is 6.73. The van der Waals surface area contributed by atoms with Crippen LogP contribution in [0.4, 0.5) is 5.95 Å². The van der Waals surface area contributed by atoms with Crippen molar-refractivity contribution in [3.63, 3.8) is 0 Å². The maximum absolute atomic E-state index is 5.76. The average molecular weight is 286 g/mol. The number of rotatable bonds is 6. The zero-order valence-electron chi connectivity index (χ0n) is 12.3. The Kier molecular flexibility index (Phi) is 5.09. The van der Waals surface area contributed by atoms with E-state index in [1.54, 1.807) is 7.05 Å². The van der Waals surface area contributed by atoms with E-state index in [1.165, 1.54) is 0 Å². The molecule has 1 aromatic heterocycles. The van der Waals surface area contributed by atoms with Crippen LogP contribution in [-0.2, 0) is 0 Å². The predicted molar refractivity (Wildman–Crippen MR) is 81.8 cm³/mol. The van der Waals surface area contributed by atoms with E-state index in [2.05, 4.69) is 20.3 Å². The highest BCUT2D eigenvalue weighted by molar-refractivity contribution is 5.57. The van der Waals surface area contributed by atoms with E-state index in [-0.39, 0.29) is 12.0 Å². The molecule has 1 aromatic carbocycles. The zero-order valence-corrected chi connectivity index (χ0v) is 12.3. The van der Waals surface area contributed by atoms with Crippen molar-refractivity contribution in [2.24, 2.45) is 0 Å². The number of nitrogens with zero attached hydrogens (tertiary/aromatic N) is 3. The molecule has 0 aliphatic carbocycles. The van der Waals surface area contributed by atoms with E-state index in [4.69, 9.17) is 9.47 Å². The molecule has 0 unspecified atom stereocenters. The van der Waals surface area contributed by atoms with Gasteiger partial charge in [-0.1, -0.05) is 30.4 Å². The molecule has 2 rings (SSSR count). The lowest BCUT2D eigenvalue weighted by Gasteiger charge is -2.09. The van der Waals surface area contributed by atoms with Gasteiger partial charge < -0.3 is 14.8 Å². The van der Waals surface area contributed by atoms with Gasteiger partial charge in [0.1, 0.15) is 5.75 Å². The third-order valence-corrected chi connectivity index (χ3v) is 2.56. The van der Waals surface area contributed by atoms with E-state index < -0.39 is 0 Å². The third kappa shape index (κ3) is 3.92. The summed E-state index contributed by atoms with van der Waals surface area (Å²) in [5, 5.41) is 2.86. The highest BCUT2D eigenvalue weighted by Crippen LogP contribution is 2.25. The Bertz CT molecular complexity index is 629. The summed E-state index contributed by atoms with van der Waals surface area (Å²) in [7, 11) is 1.72. The molecule has 0 atom stereocenters. The Labute approximate surface area is 123 Å². The molecule has 0 bridgehead atoms. The second-order valence-electron chi connectivity index (χ2n) is 4.05. The summed E-state index contributed by atoms with van der Waals surface area (Å²) in [5.41, 5.74) is 0.948. The first-order valence-electron chi connectivity index (χ1n) is 6.73. The standard InChI is InChI=1S/C15H18N4O2/c1-4-8-11-9-6-7-10-12(11)21-15-18-13(16-3)17-14(19-15)20-5-2/h4,6-10H,5H2,1-3H3,(H,16,17,18,19)/b8-4+. The van der Waals surface area contributed by atoms with E-state index in [9.17, 15) is 0 Å². The molecule has 21 heavy (non-hydrogen) atoms. The maximum atomic E-state index is 5.76. The van der Waals surface area contributed by atoms with Crippen LogP contribution in [0.3, 0.4) is 0 Å². The van der Waals surface area contributed by atoms with Gasteiger partial charge in [0.05, 0.1) is 6.61 Å². The summed E-state index contributed by atoms with van der Waals surface area (Å²) in [4.78, 5) is 12.4. The van der Waals surface area contributed by atoms with Crippen molar-refractivity contribution >= 4 is 12.0 Å². The Hall–Kier alpha value is -2.63. The normalized spacial score (nSPS) is 10.6. The average Bonchev–Trinajstić information content (AvgIpc) is 2.49. The van der Waals surface area contributed by atoms with Crippen LogP contribution in [0, 0.1) is 0 Å². The fourth-order valence-electron chi connectivity index (χ4n) is 1.68. The van der Waals surface area contributed by atoms with Gasteiger partial charge in [-0.3, -0.25) is 0 Å². The first kappa shape index (κ1) is 14.8. The van der Waals surface area contributed by atoms with Gasteiger partial charge >= 0.3 is 12.0 Å². The lowest BCUT2D eigenvalue weighted by atomic mass is 10.2. The van der Waals surface area contributed by atoms with Crippen LogP contribution >= 0.6 is 0 Å². The second kappa shape index (κ2) is 7.23. The van der Waals surface area contributed by atoms with E-state index in [1.807, 2.05) is 50.3 Å². The summed E-state index contributed by atoms with van der Waals surface area (Å²) in [6.45, 7) is 4.29. The molecule has 110 valence electrons. The van der Waals surface area contributed by atoms with Gasteiger partial charge in [-0.25, -0.2) is 0 Å². The molecule has 6 heteroatoms. The number of ether oxygens (including phenoxy) is 2. The molecule has 1 heterocycles. The van der Waals surface area contributed by atoms with E-state index in [0.717, 1.165) is 5.56 Å². The van der Waals surface area contributed by atoms with Gasteiger partial charge in [-0.05, 0) is 19.9 Å². The summed E-state index contributed by atoms with van der Waals surface area (Å²) in [6.07, 6.45) is 3.90. The van der Waals surface area contributed by atoms with Crippen LogP contribution in [0.1, 0.15) is 19.4 Å². The predicted octanol–water partition coefficient (Wildman–Crippen LogP) is 3.14. The minimum Gasteiger partial charge on any atom is -0.464 e. The van der Waals surface area contributed by atoms with Gasteiger partial charge in [-0.2, -0.15) is 9.97 Å². The summed E-state index contributed by atoms with van der Waals surface area (Å²) in [6, 6.07) is 8.08. The number of nitrogens with one attached hydrogen (secondary N) is 1. The van der Waals surface area contributed by atoms with Crippen molar-refractivity contribution in [1.29, 1.82) is 0 Å². The number of hydrogen-bond donors (Lipinski definition) is 1. The molecule has 0 aliphatic rings. The third-order valence-electron chi connectivity index (χ3n) is 2.56. The molecule has 0 aliphatic heterocycles. The van der Waals surface area contributed by atoms with E-state index >= 15 is 0 Å². The lowest BCUT2D eigenvalue weighted by Crippen LogP contribution is -2.05. The topological polar surface area (TPSA) is 69.2 Å². The number of hydrogen-bond acceptors (Lipinski definition) is 6. The number of anilines is 1. The first-order chi connectivity index (χ1) is 10.3. The van der Waals surface area contributed by atoms with Gasteiger partial charge in [0.25, 0.3) is 0 Å². The van der Waals surface area contributed by atoms with Gasteiger partial charge in [0.2, 0.25) is 5.95 Å². The van der Waals surface area contributed by atoms with Crippen LogP contribution in [-0.4, -0.2) is 28.6 Å². The monoisotopic (exact) mass is 286 g/mol. The fraction of sp³-hybridized carbons (Fsp3) is 0.267. The molecule has 0 saturated heterocycles. The van der Waals surface area contributed by atoms with Crippen molar-refractivity contribution in [1.82, 2.24) is 15.0 Å². The van der Waals surface area contributed by atoms with Gasteiger partial charge in [0, 0.05) is 12.6 Å². The lowest BCUT2D eigenvalue weighted by molar-refractivity contribution is 0.304. The molecule has 0 spiro atoms. The van der Waals surface area contributed by atoms with Crippen molar-refractivity contribution in [2.75, 3.05) is 19.0 Å². The number of allylic oxidation sites excluding steroid dienone is 1. The largest absolute Gasteiger partial charge is 0.464 e. The number of para-hydroxylation sites is 1. The highest BCUT2D eigenvalue weighted by Gasteiger charge is 2.10. The Balaban J connectivity index is 2.32. The molecular weight excluding hydrogens is 268 g/mol. The van der Waals surface area contributed by atoms with Crippen LogP contribution in [0.15, 0.2) is 30.3 Å². The zero-order chi connectivity index (χ0) is 15.1. The number of benzene rings is 1. The second-order valence-corrected chi connectivity index (χ2v) is 4.05. The number of aromatic nitrogens is 3. The summed E-state index contributed by atoms with van der Waals surface area (Å²) >= 11 is 0. The van der Waals surface area contributed by atoms with Crippen LogP contribution in [0.5, 0.6) is 17.8 Å². The molecule has 2 aromatic rings. The maximum Gasteiger partial charge on any atom is 0.330 e. The Morgan fingerprint density at radius 3 is 2.62 bits per heavy atom. The minimum absolute atomic E-state index is 0.190.